The number of nitrogens with zero attached hydrogens (tertiary/aromatic N) is 3. The maximum Gasteiger partial charge on any atom is 0.187 e. The Balaban J connectivity index is 2.07. The fourth-order valence-corrected chi connectivity index (χ4v) is 2.43. The number of thioether (sulfide) groups is 1. The van der Waals surface area contributed by atoms with E-state index in [1.54, 1.807) is 12.4 Å². The summed E-state index contributed by atoms with van der Waals surface area (Å²) in [5, 5.41) is 21.4. The normalized spacial score (nSPS) is 24.0. The van der Waals surface area contributed by atoms with Gasteiger partial charge in [0.05, 0.1) is 6.10 Å². The molecule has 0 bridgehead atoms. The Morgan fingerprint density at radius 2 is 2.22 bits per heavy atom. The topological polar surface area (TPSA) is 89.4 Å². The van der Waals surface area contributed by atoms with Crippen molar-refractivity contribution in [3.05, 3.63) is 18.0 Å². The number of hydrogen-bond acceptors (Lipinski definition) is 6. The van der Waals surface area contributed by atoms with Gasteiger partial charge in [-0.3, -0.25) is 0 Å². The highest BCUT2D eigenvalue weighted by Gasteiger charge is 2.29. The monoisotopic (exact) mass is 268 g/mol. The van der Waals surface area contributed by atoms with Crippen molar-refractivity contribution in [2.75, 3.05) is 19.3 Å². The van der Waals surface area contributed by atoms with Crippen molar-refractivity contribution in [3.63, 3.8) is 0 Å². The zero-order valence-corrected chi connectivity index (χ0v) is 10.8. The van der Waals surface area contributed by atoms with Gasteiger partial charge in [-0.15, -0.1) is 0 Å². The average molecular weight is 268 g/mol. The molecule has 2 heterocycles. The predicted octanol–water partition coefficient (Wildman–Crippen LogP) is -0.308. The zero-order chi connectivity index (χ0) is 13.1. The Kier molecular flexibility index (Phi) is 4.03. The minimum atomic E-state index is -1.23. The summed E-state index contributed by atoms with van der Waals surface area (Å²) < 4.78 is 0. The highest BCUT2D eigenvalue weighted by atomic mass is 32.2. The van der Waals surface area contributed by atoms with E-state index in [0.717, 1.165) is 10.5 Å². The van der Waals surface area contributed by atoms with E-state index in [0.29, 0.717) is 18.1 Å². The fourth-order valence-electron chi connectivity index (χ4n) is 2.11. The Morgan fingerprint density at radius 3 is 2.72 bits per heavy atom. The van der Waals surface area contributed by atoms with Crippen LogP contribution in [0.5, 0.6) is 0 Å². The summed E-state index contributed by atoms with van der Waals surface area (Å²) in [6, 6.07) is 0. The summed E-state index contributed by atoms with van der Waals surface area (Å²) in [4.78, 5) is 20.1. The largest absolute Gasteiger partial charge is 0.530 e. The number of carbonyl (C=O) groups excluding carboxylic acids is 1. The quantitative estimate of drug-likeness (QED) is 0.584. The molecule has 2 unspecified atom stereocenters. The molecule has 98 valence electrons. The zero-order valence-electron chi connectivity index (χ0n) is 9.94. The van der Waals surface area contributed by atoms with Crippen LogP contribution in [0.25, 0.3) is 0 Å². The van der Waals surface area contributed by atoms with E-state index in [1.807, 2.05) is 6.26 Å². The summed E-state index contributed by atoms with van der Waals surface area (Å²) in [6.07, 6.45) is 3.86. The molecule has 0 radical (unpaired) electrons. The van der Waals surface area contributed by atoms with Gasteiger partial charge in [0.25, 0.3) is 0 Å². The van der Waals surface area contributed by atoms with Crippen LogP contribution in [0.2, 0.25) is 0 Å². The Bertz CT molecular complexity index is 426. The molecule has 1 aliphatic rings. The average Bonchev–Trinajstić information content (AvgIpc) is 2.38. The molecule has 2 rings (SSSR count). The van der Waals surface area contributed by atoms with Crippen LogP contribution in [0.4, 0.5) is 4.79 Å². The highest BCUT2D eigenvalue weighted by molar-refractivity contribution is 7.98. The third kappa shape index (κ3) is 2.73. The van der Waals surface area contributed by atoms with Gasteiger partial charge in [0, 0.05) is 31.4 Å². The first kappa shape index (κ1) is 13.1. The van der Waals surface area contributed by atoms with Crippen molar-refractivity contribution in [1.29, 1.82) is 0 Å². The van der Waals surface area contributed by atoms with Crippen LogP contribution in [0.1, 0.15) is 17.9 Å². The number of aliphatic hydroxyl groups excluding tert-OH is 1. The lowest BCUT2D eigenvalue weighted by atomic mass is 9.89. The van der Waals surface area contributed by atoms with Gasteiger partial charge in [0.2, 0.25) is 0 Å². The second kappa shape index (κ2) is 5.53. The van der Waals surface area contributed by atoms with Crippen LogP contribution in [0.3, 0.4) is 0 Å². The van der Waals surface area contributed by atoms with Crippen molar-refractivity contribution >= 4 is 17.9 Å². The van der Waals surface area contributed by atoms with Crippen molar-refractivity contribution < 1.29 is 15.0 Å². The van der Waals surface area contributed by atoms with Gasteiger partial charge in [0.15, 0.2) is 5.16 Å². The summed E-state index contributed by atoms with van der Waals surface area (Å²) in [6.45, 7) is 0.450. The summed E-state index contributed by atoms with van der Waals surface area (Å²) in [5.74, 6) is -0.114. The Hall–Kier alpha value is -1.34. The number of amides is 1. The molecule has 0 aliphatic carbocycles. The fraction of sp³-hybridized carbons (Fsp3) is 0.545. The van der Waals surface area contributed by atoms with E-state index < -0.39 is 12.2 Å². The number of β-amino-alcohol motifs (C(OH)–C–C–N with tert-alkyl or cyclic N) is 1. The second-order valence-electron chi connectivity index (χ2n) is 4.18. The lowest BCUT2D eigenvalue weighted by Gasteiger charge is -2.37. The standard InChI is InChI=1S/C11H15N3O3S/c1-18-10-12-4-7(5-13-10)8-2-3-14(11(16)17)6-9(8)15/h4-5,8-9,15H,2-3,6H2,1H3,(H,16,17)/p-1. The highest BCUT2D eigenvalue weighted by Crippen LogP contribution is 2.27. The predicted molar refractivity (Wildman–Crippen MR) is 64.1 cm³/mol. The molecule has 0 aromatic carbocycles. The lowest BCUT2D eigenvalue weighted by molar-refractivity contribution is -0.268. The number of carboxylic acid groups (broad SMARTS) is 1. The maximum atomic E-state index is 10.7. The molecule has 1 aromatic heterocycles. The van der Waals surface area contributed by atoms with Gasteiger partial charge < -0.3 is 19.9 Å². The number of rotatable bonds is 2. The SMILES string of the molecule is CSc1ncc(C2CCN(C(=O)[O-])CC2O)cn1. The number of aliphatic hydroxyl groups is 1. The molecule has 1 fully saturated rings. The molecule has 1 saturated heterocycles. The molecule has 0 saturated carbocycles. The molecular weight excluding hydrogens is 254 g/mol. The Labute approximate surface area is 109 Å². The molecule has 7 heteroatoms. The maximum absolute atomic E-state index is 10.7. The first-order valence-electron chi connectivity index (χ1n) is 5.61. The van der Waals surface area contributed by atoms with Crippen LogP contribution in [0.15, 0.2) is 17.6 Å². The van der Waals surface area contributed by atoms with Gasteiger partial charge in [-0.2, -0.15) is 0 Å². The van der Waals surface area contributed by atoms with E-state index >= 15 is 0 Å². The Morgan fingerprint density at radius 1 is 1.56 bits per heavy atom. The van der Waals surface area contributed by atoms with Crippen LogP contribution >= 0.6 is 11.8 Å². The first-order chi connectivity index (χ1) is 8.61. The third-order valence-corrected chi connectivity index (χ3v) is 3.67. The van der Waals surface area contributed by atoms with Gasteiger partial charge in [-0.25, -0.2) is 9.97 Å². The molecule has 1 amide bonds. The van der Waals surface area contributed by atoms with E-state index in [4.69, 9.17) is 0 Å². The molecule has 1 N–H and O–H groups in total. The van der Waals surface area contributed by atoms with Crippen LogP contribution in [-0.2, 0) is 0 Å². The van der Waals surface area contributed by atoms with Crippen molar-refractivity contribution in [2.45, 2.75) is 23.6 Å². The minimum absolute atomic E-state index is 0.0806. The second-order valence-corrected chi connectivity index (χ2v) is 4.95. The van der Waals surface area contributed by atoms with Crippen LogP contribution < -0.4 is 5.11 Å². The molecule has 1 aromatic rings. The van der Waals surface area contributed by atoms with Crippen molar-refractivity contribution in [3.8, 4) is 0 Å². The smallest absolute Gasteiger partial charge is 0.187 e. The van der Waals surface area contributed by atoms with Crippen LogP contribution in [-0.4, -0.2) is 51.5 Å². The molecule has 1 aliphatic heterocycles. The molecular formula is C11H14N3O3S-. The molecule has 6 nitrogen and oxygen atoms in total. The molecule has 18 heavy (non-hydrogen) atoms. The first-order valence-corrected chi connectivity index (χ1v) is 6.84. The number of carbonyl (C=O) groups is 1. The van der Waals surface area contributed by atoms with Gasteiger partial charge in [-0.1, -0.05) is 11.8 Å². The van der Waals surface area contributed by atoms with Crippen LogP contribution in [0, 0.1) is 0 Å². The molecule has 2 atom stereocenters. The minimum Gasteiger partial charge on any atom is -0.530 e. The number of aromatic nitrogens is 2. The number of likely N-dealkylation sites (tertiary alicyclic amines) is 1. The summed E-state index contributed by atoms with van der Waals surface area (Å²) >= 11 is 1.45. The molecule has 0 spiro atoms. The van der Waals surface area contributed by atoms with Gasteiger partial charge in [0.1, 0.15) is 6.09 Å². The lowest BCUT2D eigenvalue weighted by Crippen LogP contribution is -2.50. The van der Waals surface area contributed by atoms with E-state index in [-0.39, 0.29) is 12.5 Å². The van der Waals surface area contributed by atoms with Gasteiger partial charge in [-0.05, 0) is 18.2 Å². The van der Waals surface area contributed by atoms with Crippen molar-refractivity contribution in [1.82, 2.24) is 14.9 Å². The van der Waals surface area contributed by atoms with Crippen molar-refractivity contribution in [2.24, 2.45) is 0 Å². The van der Waals surface area contributed by atoms with E-state index in [2.05, 4.69) is 9.97 Å². The summed E-state index contributed by atoms with van der Waals surface area (Å²) in [7, 11) is 0. The van der Waals surface area contributed by atoms with E-state index in [9.17, 15) is 15.0 Å². The van der Waals surface area contributed by atoms with Gasteiger partial charge >= 0.3 is 0 Å². The number of hydrogen-bond donors (Lipinski definition) is 1. The summed E-state index contributed by atoms with van der Waals surface area (Å²) in [5.41, 5.74) is 0.846. The van der Waals surface area contributed by atoms with E-state index in [1.165, 1.54) is 11.8 Å². The number of piperidine rings is 1. The third-order valence-electron chi connectivity index (χ3n) is 3.10.